The highest BCUT2D eigenvalue weighted by molar-refractivity contribution is 7.91. The monoisotopic (exact) mass is 260 g/mol. The number of rotatable bonds is 3. The van der Waals surface area contributed by atoms with Gasteiger partial charge in [0, 0.05) is 18.6 Å². The van der Waals surface area contributed by atoms with Crippen LogP contribution in [0, 0.1) is 11.8 Å². The second-order valence-electron chi connectivity index (χ2n) is 6.01. The molecule has 0 amide bonds. The van der Waals surface area contributed by atoms with E-state index in [4.69, 9.17) is 5.73 Å². The first-order valence-electron chi connectivity index (χ1n) is 6.54. The van der Waals surface area contributed by atoms with Crippen LogP contribution in [0.4, 0.5) is 0 Å². The van der Waals surface area contributed by atoms with Crippen LogP contribution in [0.3, 0.4) is 0 Å². The minimum absolute atomic E-state index is 0.261. The van der Waals surface area contributed by atoms with Gasteiger partial charge in [0.1, 0.15) is 0 Å². The summed E-state index contributed by atoms with van der Waals surface area (Å²) in [5.74, 6) is 1.95. The molecule has 100 valence electrons. The van der Waals surface area contributed by atoms with E-state index in [9.17, 15) is 8.42 Å². The highest BCUT2D eigenvalue weighted by atomic mass is 32.2. The van der Waals surface area contributed by atoms with E-state index in [1.54, 1.807) is 0 Å². The van der Waals surface area contributed by atoms with Gasteiger partial charge in [0.25, 0.3) is 0 Å². The van der Waals surface area contributed by atoms with Gasteiger partial charge in [0.05, 0.1) is 11.5 Å². The standard InChI is InChI=1S/C12H24N2O2S/c1-10(2)11-3-5-14(7-11)12(8-13)4-6-17(15,16)9-12/h10-11H,3-9,13H2,1-2H3. The van der Waals surface area contributed by atoms with E-state index in [-0.39, 0.29) is 11.3 Å². The van der Waals surface area contributed by atoms with Gasteiger partial charge >= 0.3 is 0 Å². The Hall–Kier alpha value is -0.130. The van der Waals surface area contributed by atoms with Gasteiger partial charge in [-0.05, 0) is 31.2 Å². The third kappa shape index (κ3) is 2.51. The number of hydrogen-bond acceptors (Lipinski definition) is 4. The van der Waals surface area contributed by atoms with Crippen LogP contribution in [0.1, 0.15) is 26.7 Å². The smallest absolute Gasteiger partial charge is 0.152 e. The lowest BCUT2D eigenvalue weighted by molar-refractivity contribution is 0.140. The molecule has 2 N–H and O–H groups in total. The maximum absolute atomic E-state index is 11.7. The molecular formula is C12H24N2O2S. The molecule has 2 fully saturated rings. The maximum atomic E-state index is 11.7. The van der Waals surface area contributed by atoms with Crippen molar-refractivity contribution in [2.75, 3.05) is 31.1 Å². The van der Waals surface area contributed by atoms with Crippen molar-refractivity contribution in [2.45, 2.75) is 32.2 Å². The quantitative estimate of drug-likeness (QED) is 0.802. The Morgan fingerprint density at radius 3 is 2.59 bits per heavy atom. The fourth-order valence-electron chi connectivity index (χ4n) is 3.20. The minimum atomic E-state index is -2.86. The molecule has 0 bridgehead atoms. The Morgan fingerprint density at radius 1 is 1.47 bits per heavy atom. The highest BCUT2D eigenvalue weighted by Gasteiger charge is 2.47. The molecule has 2 aliphatic rings. The molecule has 2 saturated heterocycles. The normalized spacial score (nSPS) is 38.0. The Kier molecular flexibility index (Phi) is 3.54. The highest BCUT2D eigenvalue weighted by Crippen LogP contribution is 2.35. The molecule has 2 atom stereocenters. The predicted octanol–water partition coefficient (Wildman–Crippen LogP) is 0.480. The largest absolute Gasteiger partial charge is 0.329 e. The van der Waals surface area contributed by atoms with E-state index in [0.29, 0.717) is 24.1 Å². The van der Waals surface area contributed by atoms with Crippen molar-refractivity contribution < 1.29 is 8.42 Å². The Bertz CT molecular complexity index is 380. The van der Waals surface area contributed by atoms with Crippen LogP contribution >= 0.6 is 0 Å². The number of sulfone groups is 1. The third-order valence-electron chi connectivity index (χ3n) is 4.59. The van der Waals surface area contributed by atoms with Crippen LogP contribution in [0.25, 0.3) is 0 Å². The summed E-state index contributed by atoms with van der Waals surface area (Å²) >= 11 is 0. The van der Waals surface area contributed by atoms with Crippen LogP contribution in [0.2, 0.25) is 0 Å². The summed E-state index contributed by atoms with van der Waals surface area (Å²) in [6.07, 6.45) is 1.90. The van der Waals surface area contributed by atoms with Gasteiger partial charge in [-0.3, -0.25) is 4.90 Å². The van der Waals surface area contributed by atoms with Crippen LogP contribution < -0.4 is 5.73 Å². The number of hydrogen-bond donors (Lipinski definition) is 1. The molecule has 0 aromatic carbocycles. The van der Waals surface area contributed by atoms with Crippen molar-refractivity contribution in [2.24, 2.45) is 17.6 Å². The zero-order valence-electron chi connectivity index (χ0n) is 10.9. The SMILES string of the molecule is CC(C)C1CCN(C2(CN)CCS(=O)(=O)C2)C1. The lowest BCUT2D eigenvalue weighted by Crippen LogP contribution is -2.54. The van der Waals surface area contributed by atoms with Crippen molar-refractivity contribution in [1.82, 2.24) is 4.90 Å². The summed E-state index contributed by atoms with van der Waals surface area (Å²) in [6.45, 7) is 6.99. The van der Waals surface area contributed by atoms with Gasteiger partial charge in [-0.25, -0.2) is 8.42 Å². The minimum Gasteiger partial charge on any atom is -0.329 e. The average Bonchev–Trinajstić information content (AvgIpc) is 2.83. The fraction of sp³-hybridized carbons (Fsp3) is 1.00. The number of nitrogens with two attached hydrogens (primary N) is 1. The molecule has 0 aromatic rings. The van der Waals surface area contributed by atoms with Gasteiger partial charge < -0.3 is 5.73 Å². The second-order valence-corrected chi connectivity index (χ2v) is 8.19. The second kappa shape index (κ2) is 4.52. The number of likely N-dealkylation sites (tertiary alicyclic amines) is 1. The Morgan fingerprint density at radius 2 is 2.18 bits per heavy atom. The van der Waals surface area contributed by atoms with Gasteiger partial charge in [0.2, 0.25) is 0 Å². The molecule has 0 radical (unpaired) electrons. The van der Waals surface area contributed by atoms with E-state index in [1.807, 2.05) is 0 Å². The fourth-order valence-corrected chi connectivity index (χ4v) is 5.30. The first-order valence-corrected chi connectivity index (χ1v) is 8.36. The summed E-state index contributed by atoms with van der Waals surface area (Å²) in [4.78, 5) is 2.35. The molecule has 17 heavy (non-hydrogen) atoms. The van der Waals surface area contributed by atoms with Crippen LogP contribution in [-0.4, -0.2) is 50.0 Å². The molecule has 0 aromatic heterocycles. The van der Waals surface area contributed by atoms with Crippen LogP contribution in [-0.2, 0) is 9.84 Å². The zero-order valence-corrected chi connectivity index (χ0v) is 11.7. The predicted molar refractivity (Wildman–Crippen MR) is 69.6 cm³/mol. The number of nitrogens with zero attached hydrogens (tertiary/aromatic N) is 1. The lowest BCUT2D eigenvalue weighted by atomic mass is 9.94. The zero-order chi connectivity index (χ0) is 12.7. The first kappa shape index (κ1) is 13.3. The van der Waals surface area contributed by atoms with E-state index >= 15 is 0 Å². The lowest BCUT2D eigenvalue weighted by Gasteiger charge is -2.37. The summed E-state index contributed by atoms with van der Waals surface area (Å²) < 4.78 is 23.4. The van der Waals surface area contributed by atoms with Crippen molar-refractivity contribution >= 4 is 9.84 Å². The molecule has 5 heteroatoms. The van der Waals surface area contributed by atoms with E-state index in [1.165, 1.54) is 6.42 Å². The molecule has 2 unspecified atom stereocenters. The summed E-state index contributed by atoms with van der Waals surface area (Å²) in [7, 11) is -2.86. The van der Waals surface area contributed by atoms with Crippen molar-refractivity contribution in [3.8, 4) is 0 Å². The van der Waals surface area contributed by atoms with Crippen LogP contribution in [0.15, 0.2) is 0 Å². The molecule has 0 aliphatic carbocycles. The van der Waals surface area contributed by atoms with Gasteiger partial charge in [-0.15, -0.1) is 0 Å². The molecule has 2 rings (SSSR count). The van der Waals surface area contributed by atoms with Crippen LogP contribution in [0.5, 0.6) is 0 Å². The summed E-state index contributed by atoms with van der Waals surface area (Å²) in [5.41, 5.74) is 5.62. The maximum Gasteiger partial charge on any atom is 0.152 e. The first-order chi connectivity index (χ1) is 7.88. The summed E-state index contributed by atoms with van der Waals surface area (Å²) in [5, 5.41) is 0. The third-order valence-corrected chi connectivity index (χ3v) is 6.39. The molecule has 2 heterocycles. The van der Waals surface area contributed by atoms with Crippen molar-refractivity contribution in [3.05, 3.63) is 0 Å². The molecule has 0 saturated carbocycles. The van der Waals surface area contributed by atoms with E-state index in [0.717, 1.165) is 19.5 Å². The molecular weight excluding hydrogens is 236 g/mol. The Balaban J connectivity index is 2.11. The van der Waals surface area contributed by atoms with Gasteiger partial charge in [-0.1, -0.05) is 13.8 Å². The van der Waals surface area contributed by atoms with E-state index < -0.39 is 9.84 Å². The summed E-state index contributed by atoms with van der Waals surface area (Å²) in [6, 6.07) is 0. The molecule has 2 aliphatic heterocycles. The average molecular weight is 260 g/mol. The topological polar surface area (TPSA) is 63.4 Å². The van der Waals surface area contributed by atoms with E-state index in [2.05, 4.69) is 18.7 Å². The van der Waals surface area contributed by atoms with Crippen molar-refractivity contribution in [3.63, 3.8) is 0 Å². The molecule has 4 nitrogen and oxygen atoms in total. The van der Waals surface area contributed by atoms with Crippen molar-refractivity contribution in [1.29, 1.82) is 0 Å². The van der Waals surface area contributed by atoms with Gasteiger partial charge in [0.15, 0.2) is 9.84 Å². The molecule has 0 spiro atoms. The Labute approximate surface area is 104 Å². The van der Waals surface area contributed by atoms with Gasteiger partial charge in [-0.2, -0.15) is 0 Å².